The van der Waals surface area contributed by atoms with Gasteiger partial charge in [-0.2, -0.15) is 0 Å². The summed E-state index contributed by atoms with van der Waals surface area (Å²) in [7, 11) is 0. The predicted octanol–water partition coefficient (Wildman–Crippen LogP) is 2.19. The number of hydrogen-bond donors (Lipinski definition) is 1. The van der Waals surface area contributed by atoms with E-state index >= 15 is 0 Å². The Bertz CT molecular complexity index is 191. The second kappa shape index (κ2) is 6.61. The Morgan fingerprint density at radius 1 is 1.31 bits per heavy atom. The second-order valence-electron chi connectivity index (χ2n) is 6.25. The van der Waals surface area contributed by atoms with Crippen LogP contribution >= 0.6 is 0 Å². The highest BCUT2D eigenvalue weighted by atomic mass is 16.5. The van der Waals surface area contributed by atoms with Crippen LogP contribution in [0.4, 0.5) is 0 Å². The van der Waals surface area contributed by atoms with Crippen LogP contribution in [0, 0.1) is 11.3 Å². The molecule has 0 amide bonds. The van der Waals surface area contributed by atoms with Crippen molar-refractivity contribution in [3.8, 4) is 0 Å². The number of hydrogen-bond acceptors (Lipinski definition) is 1. The van der Waals surface area contributed by atoms with Gasteiger partial charge in [-0.05, 0) is 24.7 Å². The minimum atomic E-state index is 0.554. The van der Waals surface area contributed by atoms with E-state index in [1.165, 1.54) is 32.2 Å². The van der Waals surface area contributed by atoms with Crippen LogP contribution in [-0.4, -0.2) is 25.8 Å². The number of nitrogens with two attached hydrogens (primary N) is 1. The summed E-state index contributed by atoms with van der Waals surface area (Å²) in [6.45, 7) is 12.3. The van der Waals surface area contributed by atoms with Crippen LogP contribution < -0.4 is 5.32 Å². The number of ether oxygens (including phenoxy) is 1. The molecule has 96 valence electrons. The summed E-state index contributed by atoms with van der Waals surface area (Å²) in [4.78, 5) is 0. The van der Waals surface area contributed by atoms with Gasteiger partial charge >= 0.3 is 0 Å². The fourth-order valence-corrected chi connectivity index (χ4v) is 3.28. The van der Waals surface area contributed by atoms with Crippen LogP contribution in [0.25, 0.3) is 0 Å². The smallest absolute Gasteiger partial charge is 0.0866 e. The van der Waals surface area contributed by atoms with Gasteiger partial charge in [0.2, 0.25) is 0 Å². The maximum Gasteiger partial charge on any atom is 0.0866 e. The molecule has 2 N–H and O–H groups in total. The lowest BCUT2D eigenvalue weighted by molar-refractivity contribution is -0.695. The van der Waals surface area contributed by atoms with Crippen molar-refractivity contribution in [3.05, 3.63) is 0 Å². The summed E-state index contributed by atoms with van der Waals surface area (Å²) in [5.74, 6) is 0.900. The molecule has 1 aliphatic rings. The highest BCUT2D eigenvalue weighted by molar-refractivity contribution is 4.82. The first-order valence-corrected chi connectivity index (χ1v) is 6.94. The molecular formula is C14H30NO+. The molecule has 1 aliphatic carbocycles. The molecule has 1 saturated carbocycles. The van der Waals surface area contributed by atoms with Crippen LogP contribution in [0.15, 0.2) is 0 Å². The highest BCUT2D eigenvalue weighted by Gasteiger charge is 2.33. The SMILES string of the molecule is CCOCCC[NH2+][C@H]1C[C@@H](C)CC(C)(C)C1. The molecule has 0 unspecified atom stereocenters. The van der Waals surface area contributed by atoms with Crippen LogP contribution in [-0.2, 0) is 4.74 Å². The minimum absolute atomic E-state index is 0.554. The van der Waals surface area contributed by atoms with Crippen molar-refractivity contribution in [1.82, 2.24) is 0 Å². The maximum absolute atomic E-state index is 5.36. The monoisotopic (exact) mass is 228 g/mol. The quantitative estimate of drug-likeness (QED) is 0.693. The summed E-state index contributed by atoms with van der Waals surface area (Å²) < 4.78 is 5.36. The van der Waals surface area contributed by atoms with E-state index in [4.69, 9.17) is 4.74 Å². The summed E-state index contributed by atoms with van der Waals surface area (Å²) in [6, 6.07) is 0.848. The molecule has 0 aromatic carbocycles. The highest BCUT2D eigenvalue weighted by Crippen LogP contribution is 2.37. The topological polar surface area (TPSA) is 25.8 Å². The molecule has 0 aliphatic heterocycles. The van der Waals surface area contributed by atoms with Gasteiger partial charge in [-0.3, -0.25) is 0 Å². The standard InChI is InChI=1S/C14H29NO/c1-5-16-8-6-7-15-13-9-12(2)10-14(3,4)11-13/h12-13,15H,5-11H2,1-4H3/p+1/t12-,13+/m1/s1. The molecule has 1 rings (SSSR count). The van der Waals surface area contributed by atoms with Gasteiger partial charge in [0.25, 0.3) is 0 Å². The number of quaternary nitrogens is 1. The Hall–Kier alpha value is -0.0800. The lowest BCUT2D eigenvalue weighted by atomic mass is 9.70. The van der Waals surface area contributed by atoms with E-state index in [0.29, 0.717) is 5.41 Å². The number of rotatable bonds is 6. The molecule has 2 nitrogen and oxygen atoms in total. The lowest BCUT2D eigenvalue weighted by Gasteiger charge is -2.37. The van der Waals surface area contributed by atoms with E-state index < -0.39 is 0 Å². The molecule has 0 saturated heterocycles. The third kappa shape index (κ3) is 5.31. The van der Waals surface area contributed by atoms with Gasteiger partial charge in [0.15, 0.2) is 0 Å². The van der Waals surface area contributed by atoms with Gasteiger partial charge in [0.05, 0.1) is 19.2 Å². The zero-order valence-electron chi connectivity index (χ0n) is 11.6. The van der Waals surface area contributed by atoms with Crippen molar-refractivity contribution in [2.24, 2.45) is 11.3 Å². The van der Waals surface area contributed by atoms with E-state index in [-0.39, 0.29) is 0 Å². The fourth-order valence-electron chi connectivity index (χ4n) is 3.28. The zero-order valence-corrected chi connectivity index (χ0v) is 11.6. The maximum atomic E-state index is 5.36. The Labute approximate surface area is 101 Å². The lowest BCUT2D eigenvalue weighted by Crippen LogP contribution is -2.91. The fraction of sp³-hybridized carbons (Fsp3) is 1.00. The summed E-state index contributed by atoms with van der Waals surface area (Å²) in [5.41, 5.74) is 0.554. The molecule has 0 aromatic rings. The third-order valence-corrected chi connectivity index (χ3v) is 3.62. The van der Waals surface area contributed by atoms with Crippen LogP contribution in [0.1, 0.15) is 53.4 Å². The normalized spacial score (nSPS) is 29.2. The van der Waals surface area contributed by atoms with Crippen molar-refractivity contribution < 1.29 is 10.1 Å². The van der Waals surface area contributed by atoms with Crippen molar-refractivity contribution in [2.75, 3.05) is 19.8 Å². The van der Waals surface area contributed by atoms with Crippen LogP contribution in [0.5, 0.6) is 0 Å². The first-order chi connectivity index (χ1) is 7.53. The Morgan fingerprint density at radius 3 is 2.69 bits per heavy atom. The van der Waals surface area contributed by atoms with Crippen LogP contribution in [0.3, 0.4) is 0 Å². The zero-order chi connectivity index (χ0) is 12.0. The summed E-state index contributed by atoms with van der Waals surface area (Å²) in [6.07, 6.45) is 5.37. The average Bonchev–Trinajstić information content (AvgIpc) is 2.14. The molecule has 0 radical (unpaired) electrons. The van der Waals surface area contributed by atoms with Gasteiger partial charge in [0.1, 0.15) is 0 Å². The first kappa shape index (κ1) is 14.0. The van der Waals surface area contributed by atoms with E-state index in [0.717, 1.165) is 25.2 Å². The Morgan fingerprint density at radius 2 is 2.06 bits per heavy atom. The van der Waals surface area contributed by atoms with Gasteiger partial charge in [0, 0.05) is 25.9 Å². The first-order valence-electron chi connectivity index (χ1n) is 6.94. The Balaban J connectivity index is 2.16. The molecule has 1 fully saturated rings. The average molecular weight is 228 g/mol. The predicted molar refractivity (Wildman–Crippen MR) is 68.5 cm³/mol. The van der Waals surface area contributed by atoms with Crippen LogP contribution in [0.2, 0.25) is 0 Å². The molecule has 0 heterocycles. The summed E-state index contributed by atoms with van der Waals surface area (Å²) >= 11 is 0. The van der Waals surface area contributed by atoms with Gasteiger partial charge in [-0.1, -0.05) is 20.8 Å². The second-order valence-corrected chi connectivity index (χ2v) is 6.25. The van der Waals surface area contributed by atoms with Gasteiger partial charge < -0.3 is 10.1 Å². The molecule has 16 heavy (non-hydrogen) atoms. The minimum Gasteiger partial charge on any atom is -0.382 e. The summed E-state index contributed by atoms with van der Waals surface area (Å²) in [5, 5.41) is 2.55. The van der Waals surface area contributed by atoms with Gasteiger partial charge in [-0.15, -0.1) is 0 Å². The molecule has 2 atom stereocenters. The van der Waals surface area contributed by atoms with Crippen molar-refractivity contribution >= 4 is 0 Å². The molecule has 0 aromatic heterocycles. The molecule has 0 bridgehead atoms. The molecule has 2 heteroatoms. The largest absolute Gasteiger partial charge is 0.382 e. The van der Waals surface area contributed by atoms with E-state index in [1.807, 2.05) is 0 Å². The molecule has 0 spiro atoms. The van der Waals surface area contributed by atoms with E-state index in [1.54, 1.807) is 0 Å². The van der Waals surface area contributed by atoms with Gasteiger partial charge in [-0.25, -0.2) is 0 Å². The van der Waals surface area contributed by atoms with Crippen molar-refractivity contribution in [2.45, 2.75) is 59.4 Å². The Kier molecular flexibility index (Phi) is 5.77. The van der Waals surface area contributed by atoms with E-state index in [2.05, 4.69) is 33.0 Å². The van der Waals surface area contributed by atoms with Crippen molar-refractivity contribution in [3.63, 3.8) is 0 Å². The van der Waals surface area contributed by atoms with Crippen molar-refractivity contribution in [1.29, 1.82) is 0 Å². The third-order valence-electron chi connectivity index (χ3n) is 3.62. The molecular weight excluding hydrogens is 198 g/mol. The van der Waals surface area contributed by atoms with E-state index in [9.17, 15) is 0 Å².